The summed E-state index contributed by atoms with van der Waals surface area (Å²) in [5, 5.41) is 3.20. The van der Waals surface area contributed by atoms with Gasteiger partial charge in [0.25, 0.3) is 10.0 Å². The fraction of sp³-hybridized carbons (Fsp3) is 0.174. The normalized spacial score (nSPS) is 11.1. The van der Waals surface area contributed by atoms with Gasteiger partial charge in [0.05, 0.1) is 17.2 Å². The molecule has 0 bridgehead atoms. The number of carbonyl (C=O) groups excluding carboxylic acids is 1. The second-order valence-corrected chi connectivity index (χ2v) is 9.03. The van der Waals surface area contributed by atoms with Gasteiger partial charge >= 0.3 is 0 Å². The maximum absolute atomic E-state index is 13.5. The van der Waals surface area contributed by atoms with Crippen LogP contribution in [-0.4, -0.2) is 27.5 Å². The van der Waals surface area contributed by atoms with E-state index in [1.807, 2.05) is 19.1 Å². The van der Waals surface area contributed by atoms with Crippen molar-refractivity contribution in [1.29, 1.82) is 0 Å². The standard InChI is InChI=1S/C23H23ClN2O4S/c1-3-30-22-11-7-6-10-21(22)26(31(28,29)19-14-12-18(24)13-15-19)16-23(27)25-20-9-5-4-8-17(20)2/h4-15H,3,16H2,1-2H3,(H,25,27). The largest absolute Gasteiger partial charge is 0.492 e. The molecule has 0 aliphatic carbocycles. The highest BCUT2D eigenvalue weighted by atomic mass is 35.5. The summed E-state index contributed by atoms with van der Waals surface area (Å²) in [6, 6.07) is 19.8. The van der Waals surface area contributed by atoms with Crippen LogP contribution in [0, 0.1) is 6.92 Å². The molecule has 0 saturated carbocycles. The monoisotopic (exact) mass is 458 g/mol. The van der Waals surface area contributed by atoms with Crippen molar-refractivity contribution in [1.82, 2.24) is 0 Å². The van der Waals surface area contributed by atoms with Crippen molar-refractivity contribution in [2.75, 3.05) is 22.8 Å². The van der Waals surface area contributed by atoms with E-state index in [2.05, 4.69) is 5.32 Å². The summed E-state index contributed by atoms with van der Waals surface area (Å²) >= 11 is 5.92. The summed E-state index contributed by atoms with van der Waals surface area (Å²) < 4.78 is 33.7. The quantitative estimate of drug-likeness (QED) is 0.522. The number of hydrogen-bond donors (Lipinski definition) is 1. The molecule has 3 aromatic rings. The first kappa shape index (κ1) is 22.7. The highest BCUT2D eigenvalue weighted by Crippen LogP contribution is 2.33. The minimum absolute atomic E-state index is 0.0203. The number of nitrogens with one attached hydrogen (secondary N) is 1. The number of amides is 1. The molecular formula is C23H23ClN2O4S. The summed E-state index contributed by atoms with van der Waals surface area (Å²) in [4.78, 5) is 12.9. The highest BCUT2D eigenvalue weighted by Gasteiger charge is 2.29. The van der Waals surface area contributed by atoms with Crippen molar-refractivity contribution < 1.29 is 17.9 Å². The van der Waals surface area contributed by atoms with E-state index in [1.54, 1.807) is 43.3 Å². The van der Waals surface area contributed by atoms with Gasteiger partial charge in [0.2, 0.25) is 5.91 Å². The molecule has 0 aliphatic heterocycles. The Morgan fingerprint density at radius 2 is 1.65 bits per heavy atom. The van der Waals surface area contributed by atoms with Gasteiger partial charge in [-0.15, -0.1) is 0 Å². The van der Waals surface area contributed by atoms with Crippen molar-refractivity contribution in [2.24, 2.45) is 0 Å². The number of anilines is 2. The molecule has 162 valence electrons. The second-order valence-electron chi connectivity index (χ2n) is 6.73. The first-order valence-corrected chi connectivity index (χ1v) is 11.5. The Balaban J connectivity index is 2.01. The number of rotatable bonds is 8. The fourth-order valence-electron chi connectivity index (χ4n) is 3.01. The Labute approximate surface area is 187 Å². The lowest BCUT2D eigenvalue weighted by Gasteiger charge is -2.26. The van der Waals surface area contributed by atoms with Gasteiger partial charge < -0.3 is 10.1 Å². The molecule has 0 saturated heterocycles. The molecule has 0 radical (unpaired) electrons. The highest BCUT2D eigenvalue weighted by molar-refractivity contribution is 7.92. The van der Waals surface area contributed by atoms with E-state index in [0.29, 0.717) is 23.1 Å². The fourth-order valence-corrected chi connectivity index (χ4v) is 4.56. The number of aryl methyl sites for hydroxylation is 1. The zero-order valence-corrected chi connectivity index (χ0v) is 18.8. The first-order valence-electron chi connectivity index (χ1n) is 9.68. The summed E-state index contributed by atoms with van der Waals surface area (Å²) in [5.74, 6) is -0.107. The molecule has 0 unspecified atom stereocenters. The Morgan fingerprint density at radius 1 is 1.00 bits per heavy atom. The molecule has 0 spiro atoms. The maximum Gasteiger partial charge on any atom is 0.264 e. The minimum atomic E-state index is -4.08. The molecular weight excluding hydrogens is 436 g/mol. The van der Waals surface area contributed by atoms with E-state index in [-0.39, 0.29) is 10.6 Å². The lowest BCUT2D eigenvalue weighted by atomic mass is 10.2. The van der Waals surface area contributed by atoms with Gasteiger partial charge in [0.1, 0.15) is 12.3 Å². The van der Waals surface area contributed by atoms with Crippen LogP contribution in [0.2, 0.25) is 5.02 Å². The van der Waals surface area contributed by atoms with Gasteiger partial charge in [-0.3, -0.25) is 9.10 Å². The average Bonchev–Trinajstić information content (AvgIpc) is 2.75. The number of ether oxygens (including phenoxy) is 1. The molecule has 3 rings (SSSR count). The molecule has 0 heterocycles. The van der Waals surface area contributed by atoms with Gasteiger partial charge in [-0.05, 0) is 61.9 Å². The molecule has 1 amide bonds. The number of sulfonamides is 1. The van der Waals surface area contributed by atoms with Gasteiger partial charge in [0.15, 0.2) is 0 Å². The first-order chi connectivity index (χ1) is 14.8. The Morgan fingerprint density at radius 3 is 2.32 bits per heavy atom. The molecule has 6 nitrogen and oxygen atoms in total. The maximum atomic E-state index is 13.5. The topological polar surface area (TPSA) is 75.7 Å². The van der Waals surface area contributed by atoms with Crippen LogP contribution < -0.4 is 14.4 Å². The van der Waals surface area contributed by atoms with Crippen LogP contribution in [0.25, 0.3) is 0 Å². The van der Waals surface area contributed by atoms with Crippen LogP contribution >= 0.6 is 11.6 Å². The minimum Gasteiger partial charge on any atom is -0.492 e. The Hall–Kier alpha value is -3.03. The molecule has 0 atom stereocenters. The molecule has 0 aliphatic rings. The Bertz CT molecular complexity index is 1160. The lowest BCUT2D eigenvalue weighted by molar-refractivity contribution is -0.114. The average molecular weight is 459 g/mol. The second kappa shape index (κ2) is 9.85. The van der Waals surface area contributed by atoms with E-state index < -0.39 is 22.5 Å². The molecule has 8 heteroatoms. The van der Waals surface area contributed by atoms with Gasteiger partial charge in [-0.1, -0.05) is 41.9 Å². The third-order valence-electron chi connectivity index (χ3n) is 4.54. The number of benzene rings is 3. The molecule has 3 aromatic carbocycles. The smallest absolute Gasteiger partial charge is 0.264 e. The number of halogens is 1. The zero-order valence-electron chi connectivity index (χ0n) is 17.2. The van der Waals surface area contributed by atoms with Crippen LogP contribution in [0.3, 0.4) is 0 Å². The van der Waals surface area contributed by atoms with Crippen molar-refractivity contribution in [3.8, 4) is 5.75 Å². The van der Waals surface area contributed by atoms with Crippen LogP contribution in [0.1, 0.15) is 12.5 Å². The van der Waals surface area contributed by atoms with Crippen LogP contribution in [-0.2, 0) is 14.8 Å². The van der Waals surface area contributed by atoms with Crippen molar-refractivity contribution >= 4 is 38.9 Å². The lowest BCUT2D eigenvalue weighted by Crippen LogP contribution is -2.38. The third-order valence-corrected chi connectivity index (χ3v) is 6.57. The van der Waals surface area contributed by atoms with Gasteiger partial charge in [0, 0.05) is 10.7 Å². The summed E-state index contributed by atoms with van der Waals surface area (Å²) in [6.07, 6.45) is 0. The molecule has 0 aromatic heterocycles. The zero-order chi connectivity index (χ0) is 22.4. The van der Waals surface area contributed by atoms with E-state index in [1.165, 1.54) is 24.3 Å². The van der Waals surface area contributed by atoms with Crippen molar-refractivity contribution in [3.05, 3.63) is 83.4 Å². The van der Waals surface area contributed by atoms with Gasteiger partial charge in [-0.2, -0.15) is 0 Å². The molecule has 0 fully saturated rings. The summed E-state index contributed by atoms with van der Waals surface area (Å²) in [6.45, 7) is 3.59. The van der Waals surface area contributed by atoms with E-state index in [0.717, 1.165) is 9.87 Å². The van der Waals surface area contributed by atoms with Crippen LogP contribution in [0.15, 0.2) is 77.7 Å². The number of hydrogen-bond acceptors (Lipinski definition) is 4. The SMILES string of the molecule is CCOc1ccccc1N(CC(=O)Nc1ccccc1C)S(=O)(=O)c1ccc(Cl)cc1. The van der Waals surface area contributed by atoms with E-state index >= 15 is 0 Å². The van der Waals surface area contributed by atoms with Gasteiger partial charge in [-0.25, -0.2) is 8.42 Å². The van der Waals surface area contributed by atoms with Crippen LogP contribution in [0.5, 0.6) is 5.75 Å². The number of nitrogens with zero attached hydrogens (tertiary/aromatic N) is 1. The van der Waals surface area contributed by atoms with Crippen molar-refractivity contribution in [3.63, 3.8) is 0 Å². The predicted molar refractivity (Wildman–Crippen MR) is 123 cm³/mol. The van der Waals surface area contributed by atoms with Crippen LogP contribution in [0.4, 0.5) is 11.4 Å². The summed E-state index contributed by atoms with van der Waals surface area (Å²) in [5.41, 5.74) is 1.77. The van der Waals surface area contributed by atoms with Crippen molar-refractivity contribution in [2.45, 2.75) is 18.7 Å². The Kier molecular flexibility index (Phi) is 7.20. The third kappa shape index (κ3) is 5.37. The number of para-hydroxylation sites is 3. The molecule has 31 heavy (non-hydrogen) atoms. The number of carbonyl (C=O) groups is 1. The summed E-state index contributed by atoms with van der Waals surface area (Å²) in [7, 11) is -4.08. The molecule has 1 N–H and O–H groups in total. The predicted octanol–water partition coefficient (Wildman–Crippen LogP) is 4.88. The van der Waals surface area contributed by atoms with E-state index in [9.17, 15) is 13.2 Å². The van der Waals surface area contributed by atoms with E-state index in [4.69, 9.17) is 16.3 Å².